The summed E-state index contributed by atoms with van der Waals surface area (Å²) in [4.78, 5) is 7.91. The number of rotatable bonds is 3. The molecule has 1 aromatic rings. The third kappa shape index (κ3) is 2.55. The zero-order valence-corrected chi connectivity index (χ0v) is 10.2. The molecule has 0 bridgehead atoms. The number of nitrogens with two attached hydrogens (primary N) is 1. The highest BCUT2D eigenvalue weighted by Gasteiger charge is 2.28. The molecule has 5 heteroatoms. The van der Waals surface area contributed by atoms with Crippen LogP contribution in [0, 0.1) is 5.41 Å². The van der Waals surface area contributed by atoms with E-state index in [0.29, 0.717) is 16.9 Å². The van der Waals surface area contributed by atoms with E-state index in [4.69, 9.17) is 17.3 Å². The van der Waals surface area contributed by atoms with Gasteiger partial charge in [0.1, 0.15) is 0 Å². The van der Waals surface area contributed by atoms with Gasteiger partial charge in [-0.25, -0.2) is 4.98 Å². The Balaban J connectivity index is 2.01. The molecule has 0 aliphatic heterocycles. The summed E-state index contributed by atoms with van der Waals surface area (Å²) in [5.41, 5.74) is 6.68. The van der Waals surface area contributed by atoms with Crippen molar-refractivity contribution >= 4 is 23.1 Å². The van der Waals surface area contributed by atoms with E-state index in [1.165, 1.54) is 31.9 Å². The van der Waals surface area contributed by atoms with Crippen LogP contribution in [0.2, 0.25) is 5.28 Å². The van der Waals surface area contributed by atoms with Gasteiger partial charge < -0.3 is 11.1 Å². The summed E-state index contributed by atoms with van der Waals surface area (Å²) in [6, 6.07) is 0. The smallest absolute Gasteiger partial charge is 0.224 e. The molecule has 0 unspecified atom stereocenters. The molecule has 1 aliphatic carbocycles. The van der Waals surface area contributed by atoms with E-state index in [2.05, 4.69) is 22.2 Å². The number of anilines is 2. The molecule has 3 N–H and O–H groups in total. The number of aromatic nitrogens is 2. The van der Waals surface area contributed by atoms with E-state index in [-0.39, 0.29) is 5.28 Å². The first-order chi connectivity index (χ1) is 7.59. The van der Waals surface area contributed by atoms with Gasteiger partial charge >= 0.3 is 0 Å². The summed E-state index contributed by atoms with van der Waals surface area (Å²) in [6.07, 6.45) is 6.70. The molecular formula is C11H17ClN4. The van der Waals surface area contributed by atoms with E-state index in [1.54, 1.807) is 0 Å². The van der Waals surface area contributed by atoms with Crippen molar-refractivity contribution in [3.63, 3.8) is 0 Å². The summed E-state index contributed by atoms with van der Waals surface area (Å²) < 4.78 is 0. The highest BCUT2D eigenvalue weighted by molar-refractivity contribution is 6.28. The molecule has 4 nitrogen and oxygen atoms in total. The Bertz CT molecular complexity index is 374. The standard InChI is InChI=1S/C11H17ClN4/c1-11(4-2-3-5-11)7-15-9-8(13)6-14-10(12)16-9/h6H,2-5,7,13H2,1H3,(H,14,15,16). The third-order valence-electron chi connectivity index (χ3n) is 3.28. The van der Waals surface area contributed by atoms with Crippen molar-refractivity contribution in [3.05, 3.63) is 11.5 Å². The molecule has 0 spiro atoms. The molecule has 1 aromatic heterocycles. The van der Waals surface area contributed by atoms with Crippen molar-refractivity contribution < 1.29 is 0 Å². The van der Waals surface area contributed by atoms with Gasteiger partial charge in [0.25, 0.3) is 0 Å². The van der Waals surface area contributed by atoms with E-state index in [0.717, 1.165) is 6.54 Å². The van der Waals surface area contributed by atoms with Crippen LogP contribution in [0.3, 0.4) is 0 Å². The number of nitrogens with one attached hydrogen (secondary N) is 1. The molecule has 0 aromatic carbocycles. The molecule has 1 aliphatic rings. The maximum Gasteiger partial charge on any atom is 0.224 e. The van der Waals surface area contributed by atoms with Gasteiger partial charge in [0, 0.05) is 6.54 Å². The lowest BCUT2D eigenvalue weighted by Gasteiger charge is -2.24. The number of hydrogen-bond donors (Lipinski definition) is 2. The Kier molecular flexibility index (Phi) is 3.19. The molecule has 1 saturated carbocycles. The van der Waals surface area contributed by atoms with Crippen LogP contribution < -0.4 is 11.1 Å². The van der Waals surface area contributed by atoms with Gasteiger partial charge in [-0.3, -0.25) is 0 Å². The van der Waals surface area contributed by atoms with Crippen molar-refractivity contribution in [3.8, 4) is 0 Å². The van der Waals surface area contributed by atoms with Gasteiger partial charge in [0.2, 0.25) is 5.28 Å². The van der Waals surface area contributed by atoms with Crippen molar-refractivity contribution in [2.24, 2.45) is 5.41 Å². The number of nitrogen functional groups attached to an aromatic ring is 1. The van der Waals surface area contributed by atoms with Gasteiger partial charge in [-0.2, -0.15) is 4.98 Å². The predicted octanol–water partition coefficient (Wildman–Crippen LogP) is 2.70. The first-order valence-corrected chi connectivity index (χ1v) is 5.99. The minimum Gasteiger partial charge on any atom is -0.394 e. The Morgan fingerprint density at radius 1 is 1.50 bits per heavy atom. The van der Waals surface area contributed by atoms with E-state index >= 15 is 0 Å². The van der Waals surface area contributed by atoms with Crippen LogP contribution in [-0.2, 0) is 0 Å². The van der Waals surface area contributed by atoms with Crippen LogP contribution in [0.4, 0.5) is 11.5 Å². The van der Waals surface area contributed by atoms with Crippen LogP contribution in [0.25, 0.3) is 0 Å². The van der Waals surface area contributed by atoms with Crippen LogP contribution in [-0.4, -0.2) is 16.5 Å². The molecule has 1 fully saturated rings. The first kappa shape index (κ1) is 11.5. The van der Waals surface area contributed by atoms with Gasteiger partial charge in [0.15, 0.2) is 5.82 Å². The van der Waals surface area contributed by atoms with Crippen molar-refractivity contribution in [1.82, 2.24) is 9.97 Å². The molecule has 0 radical (unpaired) electrons. The summed E-state index contributed by atoms with van der Waals surface area (Å²) >= 11 is 5.73. The first-order valence-electron chi connectivity index (χ1n) is 5.61. The molecule has 0 amide bonds. The fourth-order valence-electron chi connectivity index (χ4n) is 2.21. The summed E-state index contributed by atoms with van der Waals surface area (Å²) in [5.74, 6) is 0.646. The largest absolute Gasteiger partial charge is 0.394 e. The van der Waals surface area contributed by atoms with Gasteiger partial charge in [0.05, 0.1) is 11.9 Å². The summed E-state index contributed by atoms with van der Waals surface area (Å²) in [7, 11) is 0. The second kappa shape index (κ2) is 4.45. The average molecular weight is 241 g/mol. The second-order valence-electron chi connectivity index (χ2n) is 4.81. The molecule has 2 rings (SSSR count). The number of halogens is 1. The monoisotopic (exact) mass is 240 g/mol. The third-order valence-corrected chi connectivity index (χ3v) is 3.46. The van der Waals surface area contributed by atoms with Crippen molar-refractivity contribution in [1.29, 1.82) is 0 Å². The van der Waals surface area contributed by atoms with Crippen LogP contribution in [0.15, 0.2) is 6.20 Å². The molecule has 88 valence electrons. The maximum atomic E-state index is 5.77. The van der Waals surface area contributed by atoms with Gasteiger partial charge in [-0.1, -0.05) is 19.8 Å². The van der Waals surface area contributed by atoms with Gasteiger partial charge in [-0.15, -0.1) is 0 Å². The fraction of sp³-hybridized carbons (Fsp3) is 0.636. The Labute approximate surface area is 101 Å². The summed E-state index contributed by atoms with van der Waals surface area (Å²) in [6.45, 7) is 3.19. The highest BCUT2D eigenvalue weighted by Crippen LogP contribution is 2.37. The fourth-order valence-corrected chi connectivity index (χ4v) is 2.35. The molecule has 1 heterocycles. The molecular weight excluding hydrogens is 224 g/mol. The Hall–Kier alpha value is -1.03. The zero-order chi connectivity index (χ0) is 11.6. The zero-order valence-electron chi connectivity index (χ0n) is 9.46. The Morgan fingerprint density at radius 2 is 2.19 bits per heavy atom. The number of nitrogens with zero attached hydrogens (tertiary/aromatic N) is 2. The van der Waals surface area contributed by atoms with E-state index in [1.807, 2.05) is 0 Å². The maximum absolute atomic E-state index is 5.77. The van der Waals surface area contributed by atoms with Crippen molar-refractivity contribution in [2.45, 2.75) is 32.6 Å². The highest BCUT2D eigenvalue weighted by atomic mass is 35.5. The lowest BCUT2D eigenvalue weighted by molar-refractivity contribution is 0.361. The summed E-state index contributed by atoms with van der Waals surface area (Å²) in [5, 5.41) is 3.51. The minimum atomic E-state index is 0.230. The number of hydrogen-bond acceptors (Lipinski definition) is 4. The minimum absolute atomic E-state index is 0.230. The SMILES string of the molecule is CC1(CNc2nc(Cl)ncc2N)CCCC1. The topological polar surface area (TPSA) is 63.8 Å². The second-order valence-corrected chi connectivity index (χ2v) is 5.15. The van der Waals surface area contributed by atoms with Crippen LogP contribution >= 0.6 is 11.6 Å². The van der Waals surface area contributed by atoms with Crippen molar-refractivity contribution in [2.75, 3.05) is 17.6 Å². The molecule has 0 atom stereocenters. The van der Waals surface area contributed by atoms with Crippen LogP contribution in [0.1, 0.15) is 32.6 Å². The molecule has 0 saturated heterocycles. The van der Waals surface area contributed by atoms with E-state index < -0.39 is 0 Å². The lowest BCUT2D eigenvalue weighted by atomic mass is 9.89. The molecule has 16 heavy (non-hydrogen) atoms. The quantitative estimate of drug-likeness (QED) is 0.798. The van der Waals surface area contributed by atoms with Crippen LogP contribution in [0.5, 0.6) is 0 Å². The van der Waals surface area contributed by atoms with Gasteiger partial charge in [-0.05, 0) is 29.9 Å². The lowest BCUT2D eigenvalue weighted by Crippen LogP contribution is -2.23. The van der Waals surface area contributed by atoms with E-state index in [9.17, 15) is 0 Å². The predicted molar refractivity (Wildman–Crippen MR) is 66.5 cm³/mol. The average Bonchev–Trinajstić information content (AvgIpc) is 2.67. The Morgan fingerprint density at radius 3 is 2.88 bits per heavy atom. The normalized spacial score (nSPS) is 18.6.